The lowest BCUT2D eigenvalue weighted by Crippen LogP contribution is -2.26. The molecule has 2 rings (SSSR count). The molecule has 0 unspecified atom stereocenters. The summed E-state index contributed by atoms with van der Waals surface area (Å²) in [6.45, 7) is 2.72. The topological polar surface area (TPSA) is 72.2 Å². The molecule has 0 saturated carbocycles. The zero-order valence-electron chi connectivity index (χ0n) is 12.0. The third-order valence-corrected chi connectivity index (χ3v) is 4.85. The van der Waals surface area contributed by atoms with Gasteiger partial charge in [0, 0.05) is 13.1 Å². The van der Waals surface area contributed by atoms with Crippen molar-refractivity contribution in [3.8, 4) is 0 Å². The first-order valence-electron chi connectivity index (χ1n) is 6.86. The Morgan fingerprint density at radius 2 is 1.86 bits per heavy atom. The second kappa shape index (κ2) is 6.85. The van der Waals surface area contributed by atoms with Crippen LogP contribution in [0, 0.1) is 6.92 Å². The fraction of sp³-hybridized carbons (Fsp3) is 0.250. The van der Waals surface area contributed by atoms with Gasteiger partial charge >= 0.3 is 0 Å². The van der Waals surface area contributed by atoms with Crippen LogP contribution in [0.4, 0.5) is 0 Å². The number of nitrogens with one attached hydrogen (secondary N) is 1. The maximum Gasteiger partial charge on any atom is 0.240 e. The summed E-state index contributed by atoms with van der Waals surface area (Å²) in [5.41, 5.74) is 8.66. The van der Waals surface area contributed by atoms with Crippen LogP contribution in [0.1, 0.15) is 16.7 Å². The van der Waals surface area contributed by atoms with Crippen LogP contribution in [0.15, 0.2) is 53.4 Å². The van der Waals surface area contributed by atoms with E-state index in [-0.39, 0.29) is 4.90 Å². The van der Waals surface area contributed by atoms with Gasteiger partial charge in [0.2, 0.25) is 10.0 Å². The molecule has 0 radical (unpaired) electrons. The monoisotopic (exact) mass is 304 g/mol. The minimum Gasteiger partial charge on any atom is -0.326 e. The molecular formula is C16H20N2O2S. The molecule has 3 N–H and O–H groups in total. The van der Waals surface area contributed by atoms with Gasteiger partial charge in [-0.1, -0.05) is 36.4 Å². The van der Waals surface area contributed by atoms with E-state index in [1.54, 1.807) is 18.2 Å². The van der Waals surface area contributed by atoms with Gasteiger partial charge in [0.25, 0.3) is 0 Å². The smallest absolute Gasteiger partial charge is 0.240 e. The van der Waals surface area contributed by atoms with E-state index in [9.17, 15) is 8.42 Å². The average Bonchev–Trinajstić information content (AvgIpc) is 2.49. The van der Waals surface area contributed by atoms with Crippen LogP contribution in [0.3, 0.4) is 0 Å². The molecule has 0 fully saturated rings. The van der Waals surface area contributed by atoms with Crippen molar-refractivity contribution < 1.29 is 8.42 Å². The van der Waals surface area contributed by atoms with E-state index in [1.807, 2.05) is 37.3 Å². The number of rotatable bonds is 6. The summed E-state index contributed by atoms with van der Waals surface area (Å²) < 4.78 is 27.1. The van der Waals surface area contributed by atoms with E-state index in [2.05, 4.69) is 4.72 Å². The van der Waals surface area contributed by atoms with Crippen LogP contribution in [-0.4, -0.2) is 15.0 Å². The summed E-state index contributed by atoms with van der Waals surface area (Å²) in [5.74, 6) is 0. The van der Waals surface area contributed by atoms with E-state index < -0.39 is 10.0 Å². The van der Waals surface area contributed by atoms with Crippen LogP contribution in [0.5, 0.6) is 0 Å². The highest BCUT2D eigenvalue weighted by Crippen LogP contribution is 2.12. The van der Waals surface area contributed by atoms with E-state index >= 15 is 0 Å². The zero-order chi connectivity index (χ0) is 15.3. The zero-order valence-corrected chi connectivity index (χ0v) is 12.9. The Kier molecular flexibility index (Phi) is 5.12. The predicted molar refractivity (Wildman–Crippen MR) is 84.4 cm³/mol. The van der Waals surface area contributed by atoms with Gasteiger partial charge in [-0.15, -0.1) is 0 Å². The molecule has 0 amide bonds. The fourth-order valence-corrected chi connectivity index (χ4v) is 3.24. The molecule has 5 heteroatoms. The number of nitrogens with two attached hydrogens (primary N) is 1. The van der Waals surface area contributed by atoms with Gasteiger partial charge in [-0.2, -0.15) is 0 Å². The molecule has 0 bridgehead atoms. The van der Waals surface area contributed by atoms with E-state index in [4.69, 9.17) is 5.73 Å². The van der Waals surface area contributed by atoms with Crippen LogP contribution in [-0.2, 0) is 23.0 Å². The van der Waals surface area contributed by atoms with E-state index in [0.29, 0.717) is 19.5 Å². The van der Waals surface area contributed by atoms with Gasteiger partial charge < -0.3 is 5.73 Å². The van der Waals surface area contributed by atoms with Crippen LogP contribution < -0.4 is 10.5 Å². The molecule has 2 aromatic carbocycles. The molecule has 0 aliphatic rings. The van der Waals surface area contributed by atoms with E-state index in [1.165, 1.54) is 5.56 Å². The lowest BCUT2D eigenvalue weighted by atomic mass is 10.1. The standard InChI is InChI=1S/C16H20N2O2S/c1-13-5-2-3-7-15(13)9-10-18-21(19,20)16-8-4-6-14(11-16)12-17/h2-8,11,18H,9-10,12,17H2,1H3. The maximum absolute atomic E-state index is 12.2. The summed E-state index contributed by atoms with van der Waals surface area (Å²) >= 11 is 0. The Labute approximate surface area is 126 Å². The lowest BCUT2D eigenvalue weighted by Gasteiger charge is -2.09. The molecule has 112 valence electrons. The van der Waals surface area contributed by atoms with Gasteiger partial charge in [0.15, 0.2) is 0 Å². The first kappa shape index (κ1) is 15.7. The number of benzene rings is 2. The van der Waals surface area contributed by atoms with Gasteiger partial charge in [-0.05, 0) is 42.2 Å². The Balaban J connectivity index is 2.03. The van der Waals surface area contributed by atoms with Crippen molar-refractivity contribution in [3.05, 3.63) is 65.2 Å². The lowest BCUT2D eigenvalue weighted by molar-refractivity contribution is 0.581. The Morgan fingerprint density at radius 3 is 2.57 bits per heavy atom. The van der Waals surface area contributed by atoms with Gasteiger partial charge in [-0.25, -0.2) is 13.1 Å². The molecule has 0 atom stereocenters. The van der Waals surface area contributed by atoms with Crippen molar-refractivity contribution in [3.63, 3.8) is 0 Å². The molecule has 21 heavy (non-hydrogen) atoms. The minimum absolute atomic E-state index is 0.259. The highest BCUT2D eigenvalue weighted by atomic mass is 32.2. The van der Waals surface area contributed by atoms with Crippen molar-refractivity contribution >= 4 is 10.0 Å². The highest BCUT2D eigenvalue weighted by Gasteiger charge is 2.13. The normalized spacial score (nSPS) is 11.5. The fourth-order valence-electron chi connectivity index (χ4n) is 2.13. The molecule has 0 aliphatic heterocycles. The molecule has 0 heterocycles. The van der Waals surface area contributed by atoms with Crippen LogP contribution in [0.2, 0.25) is 0 Å². The van der Waals surface area contributed by atoms with Crippen LogP contribution in [0.25, 0.3) is 0 Å². The Hall–Kier alpha value is -1.69. The first-order chi connectivity index (χ1) is 10.0. The predicted octanol–water partition coefficient (Wildman–Crippen LogP) is 1.97. The second-order valence-corrected chi connectivity index (χ2v) is 6.69. The van der Waals surface area contributed by atoms with E-state index in [0.717, 1.165) is 11.1 Å². The second-order valence-electron chi connectivity index (χ2n) is 4.93. The molecule has 0 spiro atoms. The number of hydrogen-bond acceptors (Lipinski definition) is 3. The maximum atomic E-state index is 12.2. The minimum atomic E-state index is -3.48. The summed E-state index contributed by atoms with van der Waals surface area (Å²) in [6.07, 6.45) is 0.669. The van der Waals surface area contributed by atoms with Crippen molar-refractivity contribution in [2.45, 2.75) is 24.8 Å². The third-order valence-electron chi connectivity index (χ3n) is 3.39. The van der Waals surface area contributed by atoms with Gasteiger partial charge in [-0.3, -0.25) is 0 Å². The number of hydrogen-bond donors (Lipinski definition) is 2. The number of aryl methyl sites for hydroxylation is 1. The van der Waals surface area contributed by atoms with Crippen molar-refractivity contribution in [1.29, 1.82) is 0 Å². The Bertz CT molecular complexity index is 712. The summed E-state index contributed by atoms with van der Waals surface area (Å²) in [4.78, 5) is 0.259. The Morgan fingerprint density at radius 1 is 1.10 bits per heavy atom. The number of sulfonamides is 1. The molecule has 0 aliphatic carbocycles. The highest BCUT2D eigenvalue weighted by molar-refractivity contribution is 7.89. The quantitative estimate of drug-likeness (QED) is 0.857. The summed E-state index contributed by atoms with van der Waals surface area (Å²) in [6, 6.07) is 14.7. The largest absolute Gasteiger partial charge is 0.326 e. The molecular weight excluding hydrogens is 284 g/mol. The van der Waals surface area contributed by atoms with Crippen molar-refractivity contribution in [2.24, 2.45) is 5.73 Å². The molecule has 4 nitrogen and oxygen atoms in total. The summed E-state index contributed by atoms with van der Waals surface area (Å²) in [5, 5.41) is 0. The van der Waals surface area contributed by atoms with Gasteiger partial charge in [0.05, 0.1) is 4.90 Å². The van der Waals surface area contributed by atoms with Crippen molar-refractivity contribution in [2.75, 3.05) is 6.54 Å². The average molecular weight is 304 g/mol. The molecule has 0 saturated heterocycles. The van der Waals surface area contributed by atoms with Gasteiger partial charge in [0.1, 0.15) is 0 Å². The molecule has 0 aromatic heterocycles. The molecule has 2 aromatic rings. The SMILES string of the molecule is Cc1ccccc1CCNS(=O)(=O)c1cccc(CN)c1. The summed E-state index contributed by atoms with van der Waals surface area (Å²) in [7, 11) is -3.48. The third kappa shape index (κ3) is 4.14. The van der Waals surface area contributed by atoms with Crippen LogP contribution >= 0.6 is 0 Å². The first-order valence-corrected chi connectivity index (χ1v) is 8.34. The van der Waals surface area contributed by atoms with Crippen molar-refractivity contribution in [1.82, 2.24) is 4.72 Å².